The predicted molar refractivity (Wildman–Crippen MR) is 103 cm³/mol. The predicted octanol–water partition coefficient (Wildman–Crippen LogP) is 3.54. The third-order valence-electron chi connectivity index (χ3n) is 5.12. The molecule has 26 heavy (non-hydrogen) atoms. The van der Waals surface area contributed by atoms with Crippen molar-refractivity contribution in [3.05, 3.63) is 64.0 Å². The first-order valence-electron chi connectivity index (χ1n) is 8.92. The lowest BCUT2D eigenvalue weighted by Crippen LogP contribution is -2.19. The van der Waals surface area contributed by atoms with E-state index in [1.807, 2.05) is 45.0 Å². The van der Waals surface area contributed by atoms with Crippen LogP contribution in [-0.2, 0) is 16.0 Å². The molecule has 1 aromatic heterocycles. The van der Waals surface area contributed by atoms with Gasteiger partial charge in [-0.25, -0.2) is 0 Å². The molecule has 1 aromatic carbocycles. The summed E-state index contributed by atoms with van der Waals surface area (Å²) < 4.78 is 0. The number of carbonyl (C=O) groups excluding carboxylic acids is 2. The van der Waals surface area contributed by atoms with Crippen molar-refractivity contribution in [1.29, 1.82) is 0 Å². The van der Waals surface area contributed by atoms with Crippen LogP contribution in [0.2, 0.25) is 0 Å². The van der Waals surface area contributed by atoms with Crippen LogP contribution in [0.1, 0.15) is 45.8 Å². The maximum atomic E-state index is 13.1. The Bertz CT molecular complexity index is 876. The zero-order valence-corrected chi connectivity index (χ0v) is 15.7. The lowest BCUT2D eigenvalue weighted by molar-refractivity contribution is -0.124. The summed E-state index contributed by atoms with van der Waals surface area (Å²) in [5.41, 5.74) is 5.81. The third-order valence-corrected chi connectivity index (χ3v) is 5.12. The fraction of sp³-hybridized carbons (Fsp3) is 0.364. The molecule has 2 aromatic rings. The van der Waals surface area contributed by atoms with Crippen molar-refractivity contribution < 1.29 is 9.59 Å². The SMILES string of the molecule is CN=Cc1cccnc1CC1CC(=O)C(c2c(C)cc(C)cc2C)C1=O. The van der Waals surface area contributed by atoms with Crippen LogP contribution in [0.4, 0.5) is 0 Å². The Balaban J connectivity index is 1.91. The lowest BCUT2D eigenvalue weighted by atomic mass is 9.86. The summed E-state index contributed by atoms with van der Waals surface area (Å²) in [6.45, 7) is 6.00. The summed E-state index contributed by atoms with van der Waals surface area (Å²) in [7, 11) is 1.71. The Morgan fingerprint density at radius 1 is 1.19 bits per heavy atom. The van der Waals surface area contributed by atoms with Crippen molar-refractivity contribution in [3.63, 3.8) is 0 Å². The molecule has 1 fully saturated rings. The van der Waals surface area contributed by atoms with Crippen LogP contribution in [0.25, 0.3) is 0 Å². The molecule has 4 nitrogen and oxygen atoms in total. The number of aliphatic imine (C=N–C) groups is 1. The molecule has 0 bridgehead atoms. The second-order valence-corrected chi connectivity index (χ2v) is 7.15. The number of Topliss-reactive ketones (excluding diaryl/α,β-unsaturated/α-hetero) is 2. The highest BCUT2D eigenvalue weighted by Crippen LogP contribution is 2.37. The quantitative estimate of drug-likeness (QED) is 0.627. The fourth-order valence-corrected chi connectivity index (χ4v) is 4.09. The molecule has 0 saturated heterocycles. The van der Waals surface area contributed by atoms with Gasteiger partial charge in [0.05, 0.1) is 0 Å². The molecule has 3 rings (SSSR count). The summed E-state index contributed by atoms with van der Waals surface area (Å²) in [5, 5.41) is 0. The summed E-state index contributed by atoms with van der Waals surface area (Å²) in [4.78, 5) is 34.3. The van der Waals surface area contributed by atoms with Gasteiger partial charge in [0.15, 0.2) is 5.78 Å². The van der Waals surface area contributed by atoms with Gasteiger partial charge in [0.2, 0.25) is 0 Å². The highest BCUT2D eigenvalue weighted by atomic mass is 16.2. The van der Waals surface area contributed by atoms with Crippen molar-refractivity contribution in [1.82, 2.24) is 4.98 Å². The second-order valence-electron chi connectivity index (χ2n) is 7.15. The van der Waals surface area contributed by atoms with Gasteiger partial charge in [0.25, 0.3) is 0 Å². The van der Waals surface area contributed by atoms with Crippen LogP contribution in [0.15, 0.2) is 35.5 Å². The first kappa shape index (κ1) is 18.2. The highest BCUT2D eigenvalue weighted by molar-refractivity contribution is 6.15. The molecule has 0 amide bonds. The first-order valence-corrected chi connectivity index (χ1v) is 8.92. The van der Waals surface area contributed by atoms with Crippen molar-refractivity contribution in [3.8, 4) is 0 Å². The van der Waals surface area contributed by atoms with Crippen molar-refractivity contribution >= 4 is 17.8 Å². The molecule has 2 atom stereocenters. The topological polar surface area (TPSA) is 59.4 Å². The molecule has 0 radical (unpaired) electrons. The highest BCUT2D eigenvalue weighted by Gasteiger charge is 2.43. The van der Waals surface area contributed by atoms with E-state index >= 15 is 0 Å². The summed E-state index contributed by atoms with van der Waals surface area (Å²) in [6.07, 6.45) is 4.23. The molecule has 0 aliphatic heterocycles. The number of hydrogen-bond donors (Lipinski definition) is 0. The van der Waals surface area contributed by atoms with E-state index in [0.29, 0.717) is 6.42 Å². The van der Waals surface area contributed by atoms with Crippen LogP contribution in [0.3, 0.4) is 0 Å². The fourth-order valence-electron chi connectivity index (χ4n) is 4.09. The second kappa shape index (κ2) is 7.32. The zero-order valence-electron chi connectivity index (χ0n) is 15.7. The van der Waals surface area contributed by atoms with Crippen LogP contribution in [0.5, 0.6) is 0 Å². The largest absolute Gasteiger partial charge is 0.298 e. The zero-order chi connectivity index (χ0) is 18.8. The average molecular weight is 348 g/mol. The van der Waals surface area contributed by atoms with Gasteiger partial charge < -0.3 is 0 Å². The van der Waals surface area contributed by atoms with Gasteiger partial charge in [-0.1, -0.05) is 23.8 Å². The Kier molecular flexibility index (Phi) is 5.12. The van der Waals surface area contributed by atoms with E-state index in [2.05, 4.69) is 9.98 Å². The van der Waals surface area contributed by atoms with Crippen LogP contribution in [0, 0.1) is 26.7 Å². The lowest BCUT2D eigenvalue weighted by Gasteiger charge is -2.16. The van der Waals surface area contributed by atoms with E-state index in [1.165, 1.54) is 0 Å². The number of ketones is 2. The summed E-state index contributed by atoms with van der Waals surface area (Å²) in [6, 6.07) is 7.88. The van der Waals surface area contributed by atoms with E-state index in [-0.39, 0.29) is 23.9 Å². The van der Waals surface area contributed by atoms with Crippen LogP contribution in [-0.4, -0.2) is 29.8 Å². The van der Waals surface area contributed by atoms with Gasteiger partial charge in [-0.3, -0.25) is 19.6 Å². The average Bonchev–Trinajstić information content (AvgIpc) is 2.84. The molecule has 134 valence electrons. The minimum absolute atomic E-state index is 0.0232. The molecule has 1 aliphatic rings. The maximum Gasteiger partial charge on any atom is 0.151 e. The maximum absolute atomic E-state index is 13.1. The van der Waals surface area contributed by atoms with E-state index in [4.69, 9.17) is 0 Å². The van der Waals surface area contributed by atoms with Gasteiger partial charge >= 0.3 is 0 Å². The Hall–Kier alpha value is -2.62. The molecule has 4 heteroatoms. The number of nitrogens with zero attached hydrogens (tertiary/aromatic N) is 2. The monoisotopic (exact) mass is 348 g/mol. The summed E-state index contributed by atoms with van der Waals surface area (Å²) in [5.74, 6) is -0.897. The van der Waals surface area contributed by atoms with Gasteiger partial charge in [0, 0.05) is 49.5 Å². The number of rotatable bonds is 4. The Labute approximate surface area is 154 Å². The van der Waals surface area contributed by atoms with Gasteiger partial charge in [-0.05, 0) is 43.5 Å². The van der Waals surface area contributed by atoms with E-state index in [1.54, 1.807) is 19.5 Å². The smallest absolute Gasteiger partial charge is 0.151 e. The Morgan fingerprint density at radius 3 is 2.54 bits per heavy atom. The summed E-state index contributed by atoms with van der Waals surface area (Å²) >= 11 is 0. The van der Waals surface area contributed by atoms with Crippen molar-refractivity contribution in [2.75, 3.05) is 7.05 Å². The van der Waals surface area contributed by atoms with Gasteiger partial charge in [0.1, 0.15) is 11.7 Å². The number of carbonyl (C=O) groups is 2. The molecule has 1 aliphatic carbocycles. The Morgan fingerprint density at radius 2 is 1.88 bits per heavy atom. The molecule has 1 heterocycles. The van der Waals surface area contributed by atoms with Crippen molar-refractivity contribution in [2.24, 2.45) is 10.9 Å². The number of pyridine rings is 1. The minimum Gasteiger partial charge on any atom is -0.298 e. The van der Waals surface area contributed by atoms with Crippen molar-refractivity contribution in [2.45, 2.75) is 39.5 Å². The molecular weight excluding hydrogens is 324 g/mol. The van der Waals surface area contributed by atoms with Crippen LogP contribution >= 0.6 is 0 Å². The first-order chi connectivity index (χ1) is 12.4. The van der Waals surface area contributed by atoms with E-state index in [0.717, 1.165) is 33.5 Å². The normalized spacial score (nSPS) is 20.3. The number of hydrogen-bond acceptors (Lipinski definition) is 4. The van der Waals surface area contributed by atoms with Gasteiger partial charge in [-0.2, -0.15) is 0 Å². The van der Waals surface area contributed by atoms with Gasteiger partial charge in [-0.15, -0.1) is 0 Å². The number of benzene rings is 1. The molecular formula is C22H24N2O2. The number of aryl methyl sites for hydroxylation is 3. The number of aromatic nitrogens is 1. The standard InChI is InChI=1S/C22H24N2O2/c1-13-8-14(2)20(15(3)9-13)21-19(25)11-17(22(21)26)10-18-16(12-23-4)6-5-7-24-18/h5-9,12,17,21H,10-11H2,1-4H3. The minimum atomic E-state index is -0.632. The van der Waals surface area contributed by atoms with Crippen LogP contribution < -0.4 is 0 Å². The third kappa shape index (κ3) is 3.36. The molecule has 0 spiro atoms. The molecule has 0 N–H and O–H groups in total. The van der Waals surface area contributed by atoms with E-state index in [9.17, 15) is 9.59 Å². The molecule has 1 saturated carbocycles. The van der Waals surface area contributed by atoms with E-state index < -0.39 is 5.92 Å². The molecule has 2 unspecified atom stereocenters.